The molecule has 2 aliphatic rings. The zero-order chi connectivity index (χ0) is 18.6. The number of hydrogen-bond acceptors (Lipinski definition) is 3. The highest BCUT2D eigenvalue weighted by atomic mass is 16.7. The Morgan fingerprint density at radius 3 is 2.59 bits per heavy atom. The van der Waals surface area contributed by atoms with Crippen molar-refractivity contribution in [3.8, 4) is 11.5 Å². The van der Waals surface area contributed by atoms with Gasteiger partial charge in [-0.15, -0.1) is 0 Å². The van der Waals surface area contributed by atoms with E-state index in [0.29, 0.717) is 6.79 Å². The number of fused-ring (bicyclic) bond motifs is 1. The molecule has 5 heteroatoms. The van der Waals surface area contributed by atoms with E-state index in [2.05, 4.69) is 31.2 Å². The van der Waals surface area contributed by atoms with Crippen LogP contribution in [0.5, 0.6) is 11.5 Å². The molecule has 0 saturated carbocycles. The van der Waals surface area contributed by atoms with Gasteiger partial charge in [-0.2, -0.15) is 0 Å². The summed E-state index contributed by atoms with van der Waals surface area (Å²) in [6.07, 6.45) is 3.58. The average molecular weight is 365 g/mol. The number of nitrogens with one attached hydrogen (secondary N) is 1. The Kier molecular flexibility index (Phi) is 5.12. The van der Waals surface area contributed by atoms with Gasteiger partial charge in [-0.3, -0.25) is 4.79 Å². The van der Waals surface area contributed by atoms with Crippen LogP contribution in [0.25, 0.3) is 6.08 Å². The predicted octanol–water partition coefficient (Wildman–Crippen LogP) is 1.66. The highest BCUT2D eigenvalue weighted by molar-refractivity contribution is 5.91. The van der Waals surface area contributed by atoms with Gasteiger partial charge in [0, 0.05) is 11.6 Å². The molecule has 0 radical (unpaired) electrons. The van der Waals surface area contributed by atoms with Crippen LogP contribution in [0.1, 0.15) is 16.7 Å². The van der Waals surface area contributed by atoms with E-state index in [0.717, 1.165) is 49.8 Å². The number of benzene rings is 2. The van der Waals surface area contributed by atoms with Gasteiger partial charge in [0.15, 0.2) is 11.5 Å². The molecule has 1 N–H and O–H groups in total. The van der Waals surface area contributed by atoms with Crippen LogP contribution in [0.15, 0.2) is 48.5 Å². The predicted molar refractivity (Wildman–Crippen MR) is 104 cm³/mol. The molecular formula is C22H25N2O3+. The molecule has 2 heterocycles. The number of aryl methyl sites for hydroxylation is 1. The molecule has 2 aromatic rings. The standard InChI is InChI=1S/C22H24N2O3/c1-17-2-4-18(5-3-17)7-9-22(25)24-12-10-23(11-13-24)15-19-6-8-20-21(14-19)27-16-26-20/h2-9,14H,10-13,15-16H2,1H3/p+1. The summed E-state index contributed by atoms with van der Waals surface area (Å²) in [4.78, 5) is 15.9. The zero-order valence-electron chi connectivity index (χ0n) is 15.6. The van der Waals surface area contributed by atoms with E-state index in [1.807, 2.05) is 29.2 Å². The van der Waals surface area contributed by atoms with Gasteiger partial charge in [0.05, 0.1) is 26.2 Å². The third-order valence-corrected chi connectivity index (χ3v) is 5.17. The fraction of sp³-hybridized carbons (Fsp3) is 0.318. The van der Waals surface area contributed by atoms with Gasteiger partial charge in [0.1, 0.15) is 6.54 Å². The maximum absolute atomic E-state index is 12.4. The number of amides is 1. The first-order chi connectivity index (χ1) is 13.2. The molecule has 0 spiro atoms. The largest absolute Gasteiger partial charge is 0.454 e. The number of hydrogen-bond donors (Lipinski definition) is 1. The molecule has 5 nitrogen and oxygen atoms in total. The molecule has 0 bridgehead atoms. The maximum atomic E-state index is 12.4. The molecule has 140 valence electrons. The first-order valence-corrected chi connectivity index (χ1v) is 9.43. The Morgan fingerprint density at radius 1 is 1.07 bits per heavy atom. The number of nitrogens with zero attached hydrogens (tertiary/aromatic N) is 1. The van der Waals surface area contributed by atoms with Crippen molar-refractivity contribution in [1.82, 2.24) is 4.90 Å². The normalized spacial score (nSPS) is 16.9. The Hall–Kier alpha value is -2.79. The van der Waals surface area contributed by atoms with Crippen molar-refractivity contribution in [1.29, 1.82) is 0 Å². The highest BCUT2D eigenvalue weighted by Gasteiger charge is 2.23. The number of rotatable bonds is 4. The lowest BCUT2D eigenvalue weighted by Gasteiger charge is -2.31. The first kappa shape index (κ1) is 17.6. The number of quaternary nitrogens is 1. The molecule has 0 atom stereocenters. The minimum absolute atomic E-state index is 0.0951. The lowest BCUT2D eigenvalue weighted by atomic mass is 10.1. The summed E-state index contributed by atoms with van der Waals surface area (Å²) in [5, 5.41) is 0. The number of carbonyl (C=O) groups is 1. The van der Waals surface area contributed by atoms with Crippen LogP contribution in [0.4, 0.5) is 0 Å². The lowest BCUT2D eigenvalue weighted by Crippen LogP contribution is -3.13. The Morgan fingerprint density at radius 2 is 1.81 bits per heavy atom. The summed E-state index contributed by atoms with van der Waals surface area (Å²) in [6, 6.07) is 14.3. The highest BCUT2D eigenvalue weighted by Crippen LogP contribution is 2.32. The van der Waals surface area contributed by atoms with Crippen LogP contribution in [0.2, 0.25) is 0 Å². The summed E-state index contributed by atoms with van der Waals surface area (Å²) >= 11 is 0. The zero-order valence-corrected chi connectivity index (χ0v) is 15.6. The van der Waals surface area contributed by atoms with Crippen LogP contribution in [0, 0.1) is 6.92 Å². The van der Waals surface area contributed by atoms with Crippen molar-refractivity contribution in [3.05, 3.63) is 65.2 Å². The molecule has 1 fully saturated rings. The van der Waals surface area contributed by atoms with Gasteiger partial charge in [-0.25, -0.2) is 0 Å². The smallest absolute Gasteiger partial charge is 0.246 e. The Balaban J connectivity index is 1.28. The van der Waals surface area contributed by atoms with Gasteiger partial charge >= 0.3 is 0 Å². The Labute approximate surface area is 159 Å². The van der Waals surface area contributed by atoms with Crippen molar-refractivity contribution >= 4 is 12.0 Å². The van der Waals surface area contributed by atoms with E-state index >= 15 is 0 Å². The molecule has 1 amide bonds. The van der Waals surface area contributed by atoms with Crippen LogP contribution in [0.3, 0.4) is 0 Å². The van der Waals surface area contributed by atoms with Crippen LogP contribution in [-0.2, 0) is 11.3 Å². The van der Waals surface area contributed by atoms with Crippen molar-refractivity contribution in [3.63, 3.8) is 0 Å². The molecule has 4 rings (SSSR count). The molecule has 0 aliphatic carbocycles. The van der Waals surface area contributed by atoms with E-state index in [1.54, 1.807) is 6.08 Å². The summed E-state index contributed by atoms with van der Waals surface area (Å²) in [5.41, 5.74) is 3.52. The van der Waals surface area contributed by atoms with E-state index < -0.39 is 0 Å². The molecule has 0 aromatic heterocycles. The quantitative estimate of drug-likeness (QED) is 0.838. The number of ether oxygens (including phenoxy) is 2. The topological polar surface area (TPSA) is 43.2 Å². The SMILES string of the molecule is Cc1ccc(C=CC(=O)N2CC[NH+](Cc3ccc4c(c3)OCO4)CC2)cc1. The number of piperazine rings is 1. The second-order valence-corrected chi connectivity index (χ2v) is 7.18. The third kappa shape index (κ3) is 4.31. The first-order valence-electron chi connectivity index (χ1n) is 9.43. The van der Waals surface area contributed by atoms with Crippen molar-refractivity contribution in [2.45, 2.75) is 13.5 Å². The minimum Gasteiger partial charge on any atom is -0.454 e. The van der Waals surface area contributed by atoms with Crippen LogP contribution >= 0.6 is 0 Å². The lowest BCUT2D eigenvalue weighted by molar-refractivity contribution is -0.917. The minimum atomic E-state index is 0.0951. The van der Waals surface area contributed by atoms with E-state index in [9.17, 15) is 4.79 Å². The average Bonchev–Trinajstić information content (AvgIpc) is 3.16. The molecule has 2 aromatic carbocycles. The van der Waals surface area contributed by atoms with Crippen molar-refractivity contribution < 1.29 is 19.2 Å². The summed E-state index contributed by atoms with van der Waals surface area (Å²) in [6.45, 7) is 6.80. The maximum Gasteiger partial charge on any atom is 0.246 e. The van der Waals surface area contributed by atoms with E-state index in [1.165, 1.54) is 16.0 Å². The molecular weight excluding hydrogens is 340 g/mol. The van der Waals surface area contributed by atoms with Gasteiger partial charge in [-0.1, -0.05) is 29.8 Å². The van der Waals surface area contributed by atoms with Crippen molar-refractivity contribution in [2.75, 3.05) is 33.0 Å². The van der Waals surface area contributed by atoms with E-state index in [-0.39, 0.29) is 5.91 Å². The monoisotopic (exact) mass is 365 g/mol. The van der Waals surface area contributed by atoms with Crippen molar-refractivity contribution in [2.24, 2.45) is 0 Å². The molecule has 1 saturated heterocycles. The summed E-state index contributed by atoms with van der Waals surface area (Å²) in [7, 11) is 0. The summed E-state index contributed by atoms with van der Waals surface area (Å²) < 4.78 is 10.8. The van der Waals surface area contributed by atoms with Crippen LogP contribution in [-0.4, -0.2) is 43.8 Å². The van der Waals surface area contributed by atoms with Crippen LogP contribution < -0.4 is 14.4 Å². The van der Waals surface area contributed by atoms with Gasteiger partial charge in [0.25, 0.3) is 0 Å². The molecule has 2 aliphatic heterocycles. The van der Waals surface area contributed by atoms with Gasteiger partial charge in [-0.05, 0) is 36.8 Å². The molecule has 27 heavy (non-hydrogen) atoms. The van der Waals surface area contributed by atoms with Gasteiger partial charge < -0.3 is 19.3 Å². The summed E-state index contributed by atoms with van der Waals surface area (Å²) in [5.74, 6) is 1.75. The Bertz CT molecular complexity index is 837. The van der Waals surface area contributed by atoms with Gasteiger partial charge in [0.2, 0.25) is 12.7 Å². The van der Waals surface area contributed by atoms with E-state index in [4.69, 9.17) is 9.47 Å². The molecule has 0 unspecified atom stereocenters. The number of carbonyl (C=O) groups excluding carboxylic acids is 1. The second-order valence-electron chi connectivity index (χ2n) is 7.18. The third-order valence-electron chi connectivity index (χ3n) is 5.17. The fourth-order valence-corrected chi connectivity index (χ4v) is 3.51. The second kappa shape index (κ2) is 7.84. The fourth-order valence-electron chi connectivity index (χ4n) is 3.51.